The van der Waals surface area contributed by atoms with Gasteiger partial charge in [0.15, 0.2) is 0 Å². The van der Waals surface area contributed by atoms with E-state index in [4.69, 9.17) is 5.11 Å². The first-order valence-electron chi connectivity index (χ1n) is 5.54. The van der Waals surface area contributed by atoms with Crippen LogP contribution in [0.5, 0.6) is 0 Å². The Balaban J connectivity index is 2.27. The van der Waals surface area contributed by atoms with E-state index >= 15 is 0 Å². The van der Waals surface area contributed by atoms with Gasteiger partial charge < -0.3 is 5.11 Å². The average Bonchev–Trinajstić information content (AvgIpc) is 3.03. The molecule has 1 saturated carbocycles. The molecule has 0 aliphatic heterocycles. The zero-order valence-electron chi connectivity index (χ0n) is 9.97. The van der Waals surface area contributed by atoms with Crippen LogP contribution in [0.3, 0.4) is 0 Å². The predicted molar refractivity (Wildman–Crippen MR) is 66.2 cm³/mol. The highest BCUT2D eigenvalue weighted by atomic mass is 32.2. The highest BCUT2D eigenvalue weighted by molar-refractivity contribution is 7.89. The van der Waals surface area contributed by atoms with Crippen molar-refractivity contribution < 1.29 is 13.5 Å². The number of pyridine rings is 1. The van der Waals surface area contributed by atoms with E-state index in [1.54, 1.807) is 0 Å². The molecule has 0 radical (unpaired) electrons. The summed E-state index contributed by atoms with van der Waals surface area (Å²) in [6, 6.07) is 1.45. The normalized spacial score (nSPS) is 16.8. The lowest BCUT2D eigenvalue weighted by Crippen LogP contribution is -2.34. The summed E-state index contributed by atoms with van der Waals surface area (Å²) >= 11 is 0. The van der Waals surface area contributed by atoms with Gasteiger partial charge in [-0.1, -0.05) is 11.8 Å². The van der Waals surface area contributed by atoms with Crippen molar-refractivity contribution in [3.05, 3.63) is 24.0 Å². The van der Waals surface area contributed by atoms with Gasteiger partial charge in [0.2, 0.25) is 10.0 Å². The Hall–Kier alpha value is -1.42. The number of nitrogens with zero attached hydrogens (tertiary/aromatic N) is 1. The number of aliphatic hydroxyl groups is 1. The first kappa shape index (κ1) is 13.0. The van der Waals surface area contributed by atoms with Gasteiger partial charge in [-0.3, -0.25) is 4.98 Å². The molecule has 0 bridgehead atoms. The maximum atomic E-state index is 12.1. The molecule has 1 aliphatic rings. The smallest absolute Gasteiger partial charge is 0.242 e. The number of aromatic nitrogens is 1. The van der Waals surface area contributed by atoms with Crippen LogP contribution < -0.4 is 4.72 Å². The van der Waals surface area contributed by atoms with Crippen LogP contribution in [-0.2, 0) is 10.0 Å². The summed E-state index contributed by atoms with van der Waals surface area (Å²) in [7, 11) is -3.55. The van der Waals surface area contributed by atoms with Crippen molar-refractivity contribution >= 4 is 10.0 Å². The summed E-state index contributed by atoms with van der Waals surface area (Å²) in [5.74, 6) is 5.08. The van der Waals surface area contributed by atoms with Crippen LogP contribution in [0.15, 0.2) is 23.4 Å². The summed E-state index contributed by atoms with van der Waals surface area (Å²) in [6.45, 7) is 1.60. The summed E-state index contributed by atoms with van der Waals surface area (Å²) < 4.78 is 26.8. The number of rotatable bonds is 3. The van der Waals surface area contributed by atoms with E-state index in [0.717, 1.165) is 12.8 Å². The minimum absolute atomic E-state index is 0.0976. The second-order valence-electron chi connectivity index (χ2n) is 4.54. The SMILES string of the molecule is CC1(NS(=O)(=O)c2cncc(C#CCO)c2)CC1. The predicted octanol–water partition coefficient (Wildman–Crippen LogP) is 0.256. The molecule has 1 aromatic rings. The molecule has 0 spiro atoms. The molecule has 2 rings (SSSR count). The lowest BCUT2D eigenvalue weighted by Gasteiger charge is -2.11. The summed E-state index contributed by atoms with van der Waals surface area (Å²) in [4.78, 5) is 3.95. The van der Waals surface area contributed by atoms with Gasteiger partial charge >= 0.3 is 0 Å². The molecule has 1 heterocycles. The zero-order chi connectivity index (χ0) is 13.2. The fourth-order valence-electron chi connectivity index (χ4n) is 1.45. The van der Waals surface area contributed by atoms with E-state index in [-0.39, 0.29) is 17.0 Å². The maximum Gasteiger partial charge on any atom is 0.242 e. The molecule has 18 heavy (non-hydrogen) atoms. The molecule has 5 nitrogen and oxygen atoms in total. The van der Waals surface area contributed by atoms with Crippen molar-refractivity contribution in [3.8, 4) is 11.8 Å². The van der Waals surface area contributed by atoms with Gasteiger partial charge in [0.25, 0.3) is 0 Å². The number of nitrogens with one attached hydrogen (secondary N) is 1. The monoisotopic (exact) mass is 266 g/mol. The Morgan fingerprint density at radius 2 is 2.22 bits per heavy atom. The second-order valence-corrected chi connectivity index (χ2v) is 6.22. The Labute approximate surface area is 106 Å². The van der Waals surface area contributed by atoms with Gasteiger partial charge in [-0.05, 0) is 25.8 Å². The number of hydrogen-bond acceptors (Lipinski definition) is 4. The van der Waals surface area contributed by atoms with Crippen LogP contribution >= 0.6 is 0 Å². The van der Waals surface area contributed by atoms with Gasteiger partial charge in [-0.2, -0.15) is 0 Å². The lowest BCUT2D eigenvalue weighted by molar-refractivity contribution is 0.350. The third kappa shape index (κ3) is 3.07. The fourth-order valence-corrected chi connectivity index (χ4v) is 2.90. The molecule has 0 amide bonds. The zero-order valence-corrected chi connectivity index (χ0v) is 10.8. The molecule has 0 saturated heterocycles. The van der Waals surface area contributed by atoms with Crippen LogP contribution in [0.1, 0.15) is 25.3 Å². The van der Waals surface area contributed by atoms with Crippen molar-refractivity contribution in [2.24, 2.45) is 0 Å². The van der Waals surface area contributed by atoms with Crippen molar-refractivity contribution in [2.45, 2.75) is 30.2 Å². The summed E-state index contributed by atoms with van der Waals surface area (Å²) in [5, 5.41) is 8.59. The molecule has 0 aromatic carbocycles. The molecule has 1 aromatic heterocycles. The maximum absolute atomic E-state index is 12.1. The van der Waals surface area contributed by atoms with Crippen LogP contribution in [-0.4, -0.2) is 30.7 Å². The third-order valence-electron chi connectivity index (χ3n) is 2.72. The number of aliphatic hydroxyl groups excluding tert-OH is 1. The largest absolute Gasteiger partial charge is 0.384 e. The molecular weight excluding hydrogens is 252 g/mol. The van der Waals surface area contributed by atoms with Crippen molar-refractivity contribution in [1.29, 1.82) is 0 Å². The summed E-state index contributed by atoms with van der Waals surface area (Å²) in [6.07, 6.45) is 4.45. The molecule has 2 N–H and O–H groups in total. The van der Waals surface area contributed by atoms with Crippen LogP contribution in [0.25, 0.3) is 0 Å². The van der Waals surface area contributed by atoms with E-state index in [2.05, 4.69) is 21.5 Å². The van der Waals surface area contributed by atoms with Crippen molar-refractivity contribution in [1.82, 2.24) is 9.71 Å². The topological polar surface area (TPSA) is 79.3 Å². The fraction of sp³-hybridized carbons (Fsp3) is 0.417. The van der Waals surface area contributed by atoms with E-state index in [1.807, 2.05) is 6.92 Å². The molecule has 6 heteroatoms. The Bertz CT molecular complexity index is 610. The van der Waals surface area contributed by atoms with Crippen molar-refractivity contribution in [2.75, 3.05) is 6.61 Å². The van der Waals surface area contributed by atoms with E-state index < -0.39 is 10.0 Å². The molecule has 0 atom stereocenters. The minimum Gasteiger partial charge on any atom is -0.384 e. The lowest BCUT2D eigenvalue weighted by atomic mass is 10.3. The molecule has 1 aliphatic carbocycles. The molecule has 0 unspecified atom stereocenters. The highest BCUT2D eigenvalue weighted by Gasteiger charge is 2.41. The quantitative estimate of drug-likeness (QED) is 0.769. The standard InChI is InChI=1S/C12H14N2O3S/c1-12(4-5-12)14-18(16,17)11-7-10(3-2-6-15)8-13-9-11/h7-9,14-15H,4-6H2,1H3. The Morgan fingerprint density at radius 1 is 1.50 bits per heavy atom. The number of hydrogen-bond donors (Lipinski definition) is 2. The average molecular weight is 266 g/mol. The third-order valence-corrected chi connectivity index (χ3v) is 4.32. The first-order valence-corrected chi connectivity index (χ1v) is 7.02. The van der Waals surface area contributed by atoms with E-state index in [9.17, 15) is 8.42 Å². The minimum atomic E-state index is -3.55. The molecule has 1 fully saturated rings. The van der Waals surface area contributed by atoms with Crippen LogP contribution in [0, 0.1) is 11.8 Å². The van der Waals surface area contributed by atoms with Gasteiger partial charge in [0, 0.05) is 23.5 Å². The molecular formula is C12H14N2O3S. The Kier molecular flexibility index (Phi) is 3.39. The van der Waals surface area contributed by atoms with Gasteiger partial charge in [-0.15, -0.1) is 0 Å². The molecule has 96 valence electrons. The summed E-state index contributed by atoms with van der Waals surface area (Å²) in [5.41, 5.74) is 0.152. The second kappa shape index (κ2) is 4.69. The van der Waals surface area contributed by atoms with Crippen LogP contribution in [0.4, 0.5) is 0 Å². The highest BCUT2D eigenvalue weighted by Crippen LogP contribution is 2.35. The van der Waals surface area contributed by atoms with Gasteiger partial charge in [0.1, 0.15) is 11.5 Å². The van der Waals surface area contributed by atoms with Gasteiger partial charge in [0.05, 0.1) is 0 Å². The van der Waals surface area contributed by atoms with Gasteiger partial charge in [-0.25, -0.2) is 13.1 Å². The van der Waals surface area contributed by atoms with Crippen LogP contribution in [0.2, 0.25) is 0 Å². The van der Waals surface area contributed by atoms with E-state index in [0.29, 0.717) is 5.56 Å². The number of sulfonamides is 1. The first-order chi connectivity index (χ1) is 8.45. The van der Waals surface area contributed by atoms with E-state index in [1.165, 1.54) is 18.5 Å². The van der Waals surface area contributed by atoms with Crippen molar-refractivity contribution in [3.63, 3.8) is 0 Å². The Morgan fingerprint density at radius 3 is 2.83 bits per heavy atom.